The van der Waals surface area contributed by atoms with Gasteiger partial charge >= 0.3 is 6.18 Å². The zero-order valence-electron chi connectivity index (χ0n) is 22.7. The maximum Gasteiger partial charge on any atom is 0.416 e. The molecule has 0 saturated heterocycles. The van der Waals surface area contributed by atoms with E-state index in [0.29, 0.717) is 5.56 Å². The topological polar surface area (TPSA) is 74.6 Å². The van der Waals surface area contributed by atoms with Gasteiger partial charge in [-0.3, -0.25) is 9.59 Å². The molecule has 1 aromatic carbocycles. The summed E-state index contributed by atoms with van der Waals surface area (Å²) in [6, 6.07) is 4.28. The molecule has 0 fully saturated rings. The summed E-state index contributed by atoms with van der Waals surface area (Å²) in [5, 5.41) is 22.0. The van der Waals surface area contributed by atoms with Gasteiger partial charge in [0.1, 0.15) is 22.5 Å². The van der Waals surface area contributed by atoms with Crippen LogP contribution in [-0.2, 0) is 15.8 Å². The van der Waals surface area contributed by atoms with Crippen molar-refractivity contribution in [1.29, 1.82) is 0 Å². The summed E-state index contributed by atoms with van der Waals surface area (Å²) in [4.78, 5) is 27.7. The molecule has 0 spiro atoms. The van der Waals surface area contributed by atoms with E-state index in [1.54, 1.807) is 18.2 Å². The fourth-order valence-electron chi connectivity index (χ4n) is 3.98. The van der Waals surface area contributed by atoms with Crippen molar-refractivity contribution in [3.8, 4) is 0 Å². The summed E-state index contributed by atoms with van der Waals surface area (Å²) in [6.07, 6.45) is 3.60. The van der Waals surface area contributed by atoms with Crippen LogP contribution >= 0.6 is 0 Å². The van der Waals surface area contributed by atoms with E-state index in [2.05, 4.69) is 0 Å². The third-order valence-electron chi connectivity index (χ3n) is 6.25. The van der Waals surface area contributed by atoms with Crippen LogP contribution in [-0.4, -0.2) is 21.8 Å². The second-order valence-electron chi connectivity index (χ2n) is 10.2. The molecular formula is C31H35F3O4. The number of benzene rings is 1. The molecule has 1 aromatic rings. The molecule has 0 saturated carbocycles. The van der Waals surface area contributed by atoms with Crippen LogP contribution in [0.1, 0.15) is 71.9 Å². The summed E-state index contributed by atoms with van der Waals surface area (Å²) in [6.45, 7) is 11.1. The summed E-state index contributed by atoms with van der Waals surface area (Å²) in [7, 11) is 0. The standard InChI is InChI=1S/C31H35F3O4/c1-19(2)7-13-24-27(36)26(25(35)14-10-22-8-11-23(12-9-22)31(32,33)34)29(38)30(28(24)37,17-15-20(3)4)18-16-21(5)6/h7-12,14-16,35-36H,13,17-18H2,1-6H3/b14-10+,26-25+. The first-order chi connectivity index (χ1) is 17.6. The SMILES string of the molecule is CC(C)=CCC1=C(O)/C(=C(O)/C=C/c2ccc(C(F)(F)F)cc2)C(=O)C(CC=C(C)C)(CC=C(C)C)C1=O. The average Bonchev–Trinajstić information content (AvgIpc) is 2.81. The van der Waals surface area contributed by atoms with Gasteiger partial charge in [0, 0.05) is 5.57 Å². The Balaban J connectivity index is 2.73. The molecule has 0 atom stereocenters. The highest BCUT2D eigenvalue weighted by molar-refractivity contribution is 6.25. The van der Waals surface area contributed by atoms with Crippen LogP contribution in [0.3, 0.4) is 0 Å². The van der Waals surface area contributed by atoms with Gasteiger partial charge in [-0.15, -0.1) is 0 Å². The molecule has 2 rings (SSSR count). The molecule has 0 unspecified atom stereocenters. The lowest BCUT2D eigenvalue weighted by atomic mass is 9.64. The van der Waals surface area contributed by atoms with E-state index in [-0.39, 0.29) is 30.4 Å². The average molecular weight is 529 g/mol. The molecular weight excluding hydrogens is 493 g/mol. The number of aliphatic hydroxyl groups is 2. The number of aliphatic hydroxyl groups excluding tert-OH is 2. The highest BCUT2D eigenvalue weighted by Crippen LogP contribution is 2.44. The predicted octanol–water partition coefficient (Wildman–Crippen LogP) is 8.55. The molecule has 0 amide bonds. The van der Waals surface area contributed by atoms with E-state index < -0.39 is 40.2 Å². The van der Waals surface area contributed by atoms with Crippen molar-refractivity contribution in [1.82, 2.24) is 0 Å². The number of halogens is 3. The van der Waals surface area contributed by atoms with E-state index >= 15 is 0 Å². The smallest absolute Gasteiger partial charge is 0.416 e. The van der Waals surface area contributed by atoms with Gasteiger partial charge in [0.05, 0.1) is 5.56 Å². The zero-order valence-corrected chi connectivity index (χ0v) is 22.7. The number of carbonyl (C=O) groups excluding carboxylic acids is 2. The molecule has 0 aromatic heterocycles. The monoisotopic (exact) mass is 528 g/mol. The number of allylic oxidation sites excluding steroid dienone is 9. The Hall–Kier alpha value is -3.61. The number of rotatable bonds is 8. The van der Waals surface area contributed by atoms with E-state index in [9.17, 15) is 33.0 Å². The molecule has 2 N–H and O–H groups in total. The van der Waals surface area contributed by atoms with E-state index in [1.165, 1.54) is 18.2 Å². The second kappa shape index (κ2) is 12.3. The minimum Gasteiger partial charge on any atom is -0.507 e. The van der Waals surface area contributed by atoms with Crippen LogP contribution in [0.5, 0.6) is 0 Å². The maximum absolute atomic E-state index is 13.9. The molecule has 0 radical (unpaired) electrons. The first kappa shape index (κ1) is 30.6. The Kier molecular flexibility index (Phi) is 9.90. The first-order valence-electron chi connectivity index (χ1n) is 12.3. The van der Waals surface area contributed by atoms with Crippen molar-refractivity contribution < 1.29 is 33.0 Å². The zero-order chi connectivity index (χ0) is 28.8. The number of hydrogen-bond acceptors (Lipinski definition) is 4. The largest absolute Gasteiger partial charge is 0.507 e. The number of Topliss-reactive ketones (excluding diaryl/α,β-unsaturated/α-hetero) is 2. The summed E-state index contributed by atoms with van der Waals surface area (Å²) >= 11 is 0. The normalized spacial score (nSPS) is 17.0. The first-order valence-corrected chi connectivity index (χ1v) is 12.3. The van der Waals surface area contributed by atoms with E-state index in [1.807, 2.05) is 41.5 Å². The third kappa shape index (κ3) is 7.24. The Labute approximate surface area is 222 Å². The fraction of sp³-hybridized carbons (Fsp3) is 0.355. The van der Waals surface area contributed by atoms with Crippen molar-refractivity contribution in [3.05, 3.63) is 99.1 Å². The van der Waals surface area contributed by atoms with Gasteiger partial charge in [-0.05, 0) is 84.6 Å². The Morgan fingerprint density at radius 1 is 0.842 bits per heavy atom. The fourth-order valence-corrected chi connectivity index (χ4v) is 3.98. The van der Waals surface area contributed by atoms with Gasteiger partial charge in [-0.25, -0.2) is 0 Å². The van der Waals surface area contributed by atoms with Gasteiger partial charge in [0.15, 0.2) is 11.6 Å². The van der Waals surface area contributed by atoms with Crippen molar-refractivity contribution >= 4 is 17.6 Å². The second-order valence-corrected chi connectivity index (χ2v) is 10.2. The maximum atomic E-state index is 13.9. The molecule has 4 nitrogen and oxygen atoms in total. The van der Waals surface area contributed by atoms with E-state index in [4.69, 9.17) is 0 Å². The van der Waals surface area contributed by atoms with Crippen LogP contribution < -0.4 is 0 Å². The molecule has 1 aliphatic carbocycles. The predicted molar refractivity (Wildman–Crippen MR) is 144 cm³/mol. The molecule has 204 valence electrons. The highest BCUT2D eigenvalue weighted by atomic mass is 19.4. The van der Waals surface area contributed by atoms with Gasteiger partial charge in [0.25, 0.3) is 0 Å². The molecule has 38 heavy (non-hydrogen) atoms. The van der Waals surface area contributed by atoms with E-state index in [0.717, 1.165) is 34.9 Å². The van der Waals surface area contributed by atoms with Crippen molar-refractivity contribution in [2.24, 2.45) is 5.41 Å². The Morgan fingerprint density at radius 3 is 1.79 bits per heavy atom. The molecule has 0 aliphatic heterocycles. The highest BCUT2D eigenvalue weighted by Gasteiger charge is 2.52. The lowest BCUT2D eigenvalue weighted by Gasteiger charge is -2.35. The van der Waals surface area contributed by atoms with Gasteiger partial charge in [-0.1, -0.05) is 53.2 Å². The van der Waals surface area contributed by atoms with Crippen LogP contribution in [0, 0.1) is 5.41 Å². The lowest BCUT2D eigenvalue weighted by molar-refractivity contribution is -0.138. The van der Waals surface area contributed by atoms with Crippen LogP contribution in [0.4, 0.5) is 13.2 Å². The van der Waals surface area contributed by atoms with Crippen molar-refractivity contribution in [3.63, 3.8) is 0 Å². The van der Waals surface area contributed by atoms with Gasteiger partial charge < -0.3 is 10.2 Å². The summed E-state index contributed by atoms with van der Waals surface area (Å²) in [5.41, 5.74) is 0.341. The molecule has 0 heterocycles. The molecule has 0 bridgehead atoms. The van der Waals surface area contributed by atoms with Gasteiger partial charge in [-0.2, -0.15) is 13.2 Å². The van der Waals surface area contributed by atoms with Crippen molar-refractivity contribution in [2.75, 3.05) is 0 Å². The number of ketones is 2. The number of carbonyl (C=O) groups is 2. The Morgan fingerprint density at radius 2 is 1.34 bits per heavy atom. The Bertz CT molecular complexity index is 1230. The minimum absolute atomic E-state index is 0.0274. The molecule has 1 aliphatic rings. The minimum atomic E-state index is -4.48. The molecule has 7 heteroatoms. The lowest BCUT2D eigenvalue weighted by Crippen LogP contribution is -2.45. The summed E-state index contributed by atoms with van der Waals surface area (Å²) in [5.74, 6) is -2.35. The number of alkyl halides is 3. The van der Waals surface area contributed by atoms with Crippen LogP contribution in [0.25, 0.3) is 6.08 Å². The number of hydrogen-bond donors (Lipinski definition) is 2. The van der Waals surface area contributed by atoms with Crippen LogP contribution in [0.2, 0.25) is 0 Å². The summed E-state index contributed by atoms with van der Waals surface area (Å²) < 4.78 is 38.6. The van der Waals surface area contributed by atoms with Gasteiger partial charge in [0.2, 0.25) is 0 Å². The van der Waals surface area contributed by atoms with Crippen molar-refractivity contribution in [2.45, 2.75) is 67.0 Å². The quantitative estimate of drug-likeness (QED) is 0.153. The third-order valence-corrected chi connectivity index (χ3v) is 6.25. The van der Waals surface area contributed by atoms with Crippen LogP contribution in [0.15, 0.2) is 88.0 Å².